The highest BCUT2D eigenvalue weighted by molar-refractivity contribution is 7.96. The van der Waals surface area contributed by atoms with Gasteiger partial charge in [-0.05, 0) is 63.6 Å². The Balaban J connectivity index is 0.00000266. The zero-order valence-electron chi connectivity index (χ0n) is 30.6. The molecule has 17 heteroatoms. The van der Waals surface area contributed by atoms with E-state index >= 15 is 0 Å². The largest absolute Gasteiger partial charge is 0.459 e. The molecule has 0 amide bonds. The average molecular weight is 778 g/mol. The van der Waals surface area contributed by atoms with Gasteiger partial charge in [-0.2, -0.15) is 28.0 Å². The van der Waals surface area contributed by atoms with Crippen molar-refractivity contribution in [3.63, 3.8) is 0 Å². The van der Waals surface area contributed by atoms with E-state index in [1.807, 2.05) is 67.9 Å². The first-order valence-electron chi connectivity index (χ1n) is 17.5. The first-order chi connectivity index (χ1) is 25.4. The van der Waals surface area contributed by atoms with Crippen LogP contribution in [0.5, 0.6) is 5.75 Å². The molecule has 1 saturated carbocycles. The number of nitrogens with one attached hydrogen (secondary N) is 2. The van der Waals surface area contributed by atoms with Crippen LogP contribution in [-0.4, -0.2) is 51.6 Å². The van der Waals surface area contributed by atoms with Crippen LogP contribution in [0.25, 0.3) is 11.0 Å². The van der Waals surface area contributed by atoms with Crippen LogP contribution in [0, 0.1) is 12.8 Å². The van der Waals surface area contributed by atoms with Crippen LogP contribution in [0.15, 0.2) is 60.8 Å². The third-order valence-electron chi connectivity index (χ3n) is 8.78. The maximum Gasteiger partial charge on any atom is 0.416 e. The predicted molar refractivity (Wildman–Crippen MR) is 202 cm³/mol. The van der Waals surface area contributed by atoms with Crippen molar-refractivity contribution in [2.45, 2.75) is 84.5 Å². The number of fused-ring (bicyclic) bond motifs is 1. The van der Waals surface area contributed by atoms with Crippen LogP contribution < -0.4 is 25.2 Å². The van der Waals surface area contributed by atoms with Crippen molar-refractivity contribution in [2.75, 3.05) is 30.1 Å². The Morgan fingerprint density at radius 2 is 1.87 bits per heavy atom. The van der Waals surface area contributed by atoms with Crippen LogP contribution in [0.2, 0.25) is 0 Å². The number of hydrazine groups is 1. The zero-order chi connectivity index (χ0) is 38.3. The number of hydrogen-bond donors (Lipinski definition) is 3. The Kier molecular flexibility index (Phi) is 13.5. The maximum absolute atomic E-state index is 13.5. The lowest BCUT2D eigenvalue weighted by Gasteiger charge is -2.25. The van der Waals surface area contributed by atoms with E-state index in [0.717, 1.165) is 17.0 Å². The van der Waals surface area contributed by atoms with Crippen molar-refractivity contribution in [1.82, 2.24) is 24.5 Å². The highest BCUT2D eigenvalue weighted by Gasteiger charge is 2.54. The van der Waals surface area contributed by atoms with E-state index in [-0.39, 0.29) is 36.4 Å². The first-order valence-corrected chi connectivity index (χ1v) is 19.9. The summed E-state index contributed by atoms with van der Waals surface area (Å²) in [6.07, 6.45) is 0.112. The minimum Gasteiger partial charge on any atom is -0.459 e. The lowest BCUT2D eigenvalue weighted by Crippen LogP contribution is -2.39. The molecule has 6 rings (SSSR count). The molecule has 4 atom stereocenters. The van der Waals surface area contributed by atoms with Gasteiger partial charge in [-0.25, -0.2) is 5.09 Å². The van der Waals surface area contributed by atoms with Crippen LogP contribution in [0.1, 0.15) is 69.9 Å². The summed E-state index contributed by atoms with van der Waals surface area (Å²) in [5, 5.41) is 5.93. The number of esters is 1. The van der Waals surface area contributed by atoms with E-state index in [0.29, 0.717) is 43.0 Å². The summed E-state index contributed by atoms with van der Waals surface area (Å²) in [4.78, 5) is 25.6. The number of halogens is 3. The van der Waals surface area contributed by atoms with Gasteiger partial charge in [-0.3, -0.25) is 9.80 Å². The van der Waals surface area contributed by atoms with Crippen LogP contribution in [0.3, 0.4) is 0 Å². The zero-order valence-corrected chi connectivity index (χ0v) is 32.4. The van der Waals surface area contributed by atoms with Crippen molar-refractivity contribution in [3.8, 4) is 5.75 Å². The molecule has 4 aromatic rings. The number of nitrogens with two attached hydrogens (primary N) is 1. The van der Waals surface area contributed by atoms with Gasteiger partial charge in [0.2, 0.25) is 5.95 Å². The number of carbonyl (C=O) groups excluding carboxylic acids is 1. The number of carbonyl (C=O) groups is 1. The normalized spacial score (nSPS) is 19.7. The number of rotatable bonds is 15. The van der Waals surface area contributed by atoms with Gasteiger partial charge < -0.3 is 28.8 Å². The second-order valence-corrected chi connectivity index (χ2v) is 14.4. The second kappa shape index (κ2) is 17.7. The third-order valence-corrected chi connectivity index (χ3v) is 10.6. The standard InChI is InChI=1S/C34H41F3N7O5PS.C2H6/c1-5-44(42-51-4)29-26-14-17-43(28(26)39-32(38)40-29)30-22(3)18-25(48-30)20-47-50(49-24-12-10-21(2)11-13-24)41-33(15-16-33)31(45)46-19-23-8-6-7-9-27(23)34(35,36)37;1-2/h6-14,17,22,25,30,41-42H,5,15-16,18-20H2,1-4H3,(H2,38,39,40);1-2H3. The lowest BCUT2D eigenvalue weighted by molar-refractivity contribution is -0.150. The number of aromatic nitrogens is 3. The predicted octanol–water partition coefficient (Wildman–Crippen LogP) is 8.09. The molecule has 4 unspecified atom stereocenters. The van der Waals surface area contributed by atoms with Gasteiger partial charge in [0.25, 0.3) is 0 Å². The number of nitrogen functional groups attached to an aromatic ring is 1. The number of nitrogens with zero attached hydrogens (tertiary/aromatic N) is 4. The summed E-state index contributed by atoms with van der Waals surface area (Å²) in [5.41, 5.74) is 5.74. The minimum absolute atomic E-state index is 0.0852. The van der Waals surface area contributed by atoms with E-state index in [2.05, 4.69) is 26.8 Å². The summed E-state index contributed by atoms with van der Waals surface area (Å²) in [7, 11) is -1.90. The van der Waals surface area contributed by atoms with E-state index < -0.39 is 38.4 Å². The van der Waals surface area contributed by atoms with Crippen molar-refractivity contribution < 1.29 is 36.5 Å². The molecule has 0 spiro atoms. The van der Waals surface area contributed by atoms with E-state index in [1.54, 1.807) is 12.1 Å². The fraction of sp³-hybridized carbons (Fsp3) is 0.472. The SMILES string of the molecule is CC.CCN(NSC)c1nc(N)nc2c1ccn2C1OC(COP(NC2(C(=O)OCc3ccccc3C(F)(F)F)CC2)Oc2ccc(C)cc2)CC1C. The molecule has 0 radical (unpaired) electrons. The summed E-state index contributed by atoms with van der Waals surface area (Å²) >= 11 is 1.45. The van der Waals surface area contributed by atoms with Crippen LogP contribution >= 0.6 is 20.5 Å². The highest BCUT2D eigenvalue weighted by atomic mass is 32.2. The molecule has 2 aliphatic rings. The molecule has 0 bridgehead atoms. The van der Waals surface area contributed by atoms with Crippen LogP contribution in [-0.2, 0) is 31.6 Å². The van der Waals surface area contributed by atoms with Crippen molar-refractivity contribution in [1.29, 1.82) is 0 Å². The molecule has 2 fully saturated rings. The topological polar surface area (TPSA) is 138 Å². The molecular formula is C36H47F3N7O5PS. The number of aryl methyl sites for hydroxylation is 1. The molecule has 1 aliphatic carbocycles. The van der Waals surface area contributed by atoms with Gasteiger partial charge in [0, 0.05) is 24.2 Å². The fourth-order valence-corrected chi connectivity index (χ4v) is 7.85. The van der Waals surface area contributed by atoms with Gasteiger partial charge in [0.05, 0.1) is 23.7 Å². The van der Waals surface area contributed by atoms with E-state index in [9.17, 15) is 18.0 Å². The smallest absolute Gasteiger partial charge is 0.416 e. The third kappa shape index (κ3) is 9.72. The number of anilines is 2. The summed E-state index contributed by atoms with van der Waals surface area (Å²) in [6.45, 7) is 10.3. The number of hydrogen-bond acceptors (Lipinski definition) is 12. The quantitative estimate of drug-likeness (QED) is 0.0466. The monoisotopic (exact) mass is 777 g/mol. The Morgan fingerprint density at radius 3 is 2.53 bits per heavy atom. The van der Waals surface area contributed by atoms with Gasteiger partial charge >= 0.3 is 20.7 Å². The molecule has 2 aromatic heterocycles. The molecule has 53 heavy (non-hydrogen) atoms. The number of benzene rings is 2. The molecular weight excluding hydrogens is 730 g/mol. The van der Waals surface area contributed by atoms with Crippen molar-refractivity contribution >= 4 is 49.2 Å². The lowest BCUT2D eigenvalue weighted by atomic mass is 10.1. The summed E-state index contributed by atoms with van der Waals surface area (Å²) in [5.74, 6) is 0.766. The number of alkyl halides is 3. The molecule has 12 nitrogen and oxygen atoms in total. The van der Waals surface area contributed by atoms with Gasteiger partial charge in [0.1, 0.15) is 29.8 Å². The maximum atomic E-state index is 13.5. The Morgan fingerprint density at radius 1 is 1.15 bits per heavy atom. The average Bonchev–Trinajstić information content (AvgIpc) is 3.66. The second-order valence-electron chi connectivity index (χ2n) is 12.6. The van der Waals surface area contributed by atoms with Gasteiger partial charge in [-0.1, -0.05) is 68.6 Å². The van der Waals surface area contributed by atoms with Crippen molar-refractivity contribution in [2.24, 2.45) is 5.92 Å². The number of ether oxygens (including phenoxy) is 2. The molecule has 1 saturated heterocycles. The molecule has 3 heterocycles. The molecule has 2 aromatic carbocycles. The van der Waals surface area contributed by atoms with Crippen LogP contribution in [0.4, 0.5) is 24.9 Å². The molecule has 288 valence electrons. The minimum atomic E-state index is -4.57. The van der Waals surface area contributed by atoms with E-state index in [1.165, 1.54) is 30.1 Å². The Bertz CT molecular complexity index is 1830. The highest BCUT2D eigenvalue weighted by Crippen LogP contribution is 2.48. The summed E-state index contributed by atoms with van der Waals surface area (Å²) in [6, 6.07) is 14.4. The Labute approximate surface area is 313 Å². The fourth-order valence-electron chi connectivity index (χ4n) is 5.97. The summed E-state index contributed by atoms with van der Waals surface area (Å²) < 4.78 is 67.0. The molecule has 1 aliphatic heterocycles. The first kappa shape index (κ1) is 40.5. The van der Waals surface area contributed by atoms with Gasteiger partial charge in [-0.15, -0.1) is 0 Å². The van der Waals surface area contributed by atoms with Gasteiger partial charge in [0.15, 0.2) is 5.82 Å². The molecule has 4 N–H and O–H groups in total. The van der Waals surface area contributed by atoms with E-state index in [4.69, 9.17) is 24.3 Å². The van der Waals surface area contributed by atoms with Crippen molar-refractivity contribution in [3.05, 3.63) is 77.5 Å². The Hall–Kier alpha value is -3.66.